The van der Waals surface area contributed by atoms with Gasteiger partial charge < -0.3 is 0 Å². The van der Waals surface area contributed by atoms with Crippen molar-refractivity contribution >= 4 is 0 Å². The minimum Gasteiger partial charge on any atom is -0.106 e. The largest absolute Gasteiger partial charge is 0.106 e. The molecule has 0 saturated heterocycles. The second-order valence-corrected chi connectivity index (χ2v) is 1.93. The lowest BCUT2D eigenvalue weighted by molar-refractivity contribution is 0.593. The summed E-state index contributed by atoms with van der Waals surface area (Å²) in [6.45, 7) is 6.00. The molecule has 1 aliphatic rings. The fourth-order valence-electron chi connectivity index (χ4n) is 0.898. The van der Waals surface area contributed by atoms with Crippen molar-refractivity contribution in [2.24, 2.45) is 0 Å². The smallest absolute Gasteiger partial charge is 0.0386 e. The minimum atomic E-state index is 1.38. The molecule has 1 fully saturated rings. The van der Waals surface area contributed by atoms with Gasteiger partial charge >= 0.3 is 0 Å². The van der Waals surface area contributed by atoms with Crippen molar-refractivity contribution in [2.45, 2.75) is 32.1 Å². The first-order valence-corrected chi connectivity index (χ1v) is 3.32. The Bertz CT molecular complexity index is 23.8. The Balaban J connectivity index is 0.000000222. The molecule has 0 aromatic rings. The van der Waals surface area contributed by atoms with E-state index in [4.69, 9.17) is 0 Å². The van der Waals surface area contributed by atoms with Gasteiger partial charge in [-0.05, 0) is 6.42 Å². The lowest BCUT2D eigenvalue weighted by atomic mass is 10.0. The summed E-state index contributed by atoms with van der Waals surface area (Å²) in [6.07, 6.45) is 9.50. The number of rotatable bonds is 0. The Hall–Kier alpha value is -0.260. The van der Waals surface area contributed by atoms with Gasteiger partial charge in [0.1, 0.15) is 0 Å². The van der Waals surface area contributed by atoms with Crippen LogP contribution in [0.1, 0.15) is 32.1 Å². The fourth-order valence-corrected chi connectivity index (χ4v) is 0.898. The first kappa shape index (κ1) is 7.74. The Morgan fingerprint density at radius 3 is 1.50 bits per heavy atom. The molecule has 0 amide bonds. The van der Waals surface area contributed by atoms with E-state index in [1.807, 2.05) is 0 Å². The highest BCUT2D eigenvalue weighted by molar-refractivity contribution is 4.69. The zero-order chi connectivity index (χ0) is 6.24. The van der Waals surface area contributed by atoms with Crippen LogP contribution in [0.2, 0.25) is 0 Å². The van der Waals surface area contributed by atoms with Crippen LogP contribution in [0.3, 0.4) is 0 Å². The summed E-state index contributed by atoms with van der Waals surface area (Å²) in [5, 5.41) is 0. The number of hydrogen-bond donors (Lipinski definition) is 0. The monoisotopic (exact) mass is 111 g/mol. The molecule has 0 N–H and O–H groups in total. The van der Waals surface area contributed by atoms with Gasteiger partial charge in [0.05, 0.1) is 0 Å². The van der Waals surface area contributed by atoms with Crippen LogP contribution in [0.4, 0.5) is 0 Å². The van der Waals surface area contributed by atoms with E-state index >= 15 is 0 Å². The lowest BCUT2D eigenvalue weighted by Crippen LogP contribution is -1.87. The molecule has 0 atom stereocenters. The molecule has 1 rings (SSSR count). The van der Waals surface area contributed by atoms with Crippen LogP contribution in [0, 0.1) is 6.42 Å². The normalized spacial score (nSPS) is 18.5. The summed E-state index contributed by atoms with van der Waals surface area (Å²) in [5.41, 5.74) is 0. The fraction of sp³-hybridized carbons (Fsp3) is 0.625. The summed E-state index contributed by atoms with van der Waals surface area (Å²) in [4.78, 5) is 0. The predicted molar refractivity (Wildman–Crippen MR) is 38.6 cm³/mol. The van der Waals surface area contributed by atoms with Gasteiger partial charge in [-0.3, -0.25) is 0 Å². The highest BCUT2D eigenvalue weighted by Crippen LogP contribution is 2.14. The lowest BCUT2D eigenvalue weighted by Gasteiger charge is -2.05. The molecule has 1 saturated carbocycles. The van der Waals surface area contributed by atoms with Gasteiger partial charge in [-0.25, -0.2) is 0 Å². The van der Waals surface area contributed by atoms with Crippen molar-refractivity contribution in [3.05, 3.63) is 19.6 Å². The maximum Gasteiger partial charge on any atom is -0.0386 e. The minimum absolute atomic E-state index is 1.38. The molecule has 1 radical (unpaired) electrons. The summed E-state index contributed by atoms with van der Waals surface area (Å²) in [5.74, 6) is 0. The van der Waals surface area contributed by atoms with Crippen LogP contribution >= 0.6 is 0 Å². The van der Waals surface area contributed by atoms with Crippen LogP contribution in [-0.4, -0.2) is 0 Å². The van der Waals surface area contributed by atoms with Crippen molar-refractivity contribution < 1.29 is 0 Å². The average Bonchev–Trinajstić information content (AvgIpc) is 1.96. The SMILES string of the molecule is C=C.[CH]1CCCCC1. The van der Waals surface area contributed by atoms with Gasteiger partial charge in [-0.15, -0.1) is 13.2 Å². The summed E-state index contributed by atoms with van der Waals surface area (Å²) in [6, 6.07) is 0. The number of hydrogen-bond acceptors (Lipinski definition) is 0. The van der Waals surface area contributed by atoms with E-state index in [1.165, 1.54) is 32.1 Å². The quantitative estimate of drug-likeness (QED) is 0.421. The first-order chi connectivity index (χ1) is 4.00. The van der Waals surface area contributed by atoms with Crippen molar-refractivity contribution in [3.8, 4) is 0 Å². The Kier molecular flexibility index (Phi) is 6.52. The van der Waals surface area contributed by atoms with E-state index in [-0.39, 0.29) is 0 Å². The highest BCUT2D eigenvalue weighted by Gasteiger charge is 1.95. The molecular weight excluding hydrogens is 96.1 g/mol. The topological polar surface area (TPSA) is 0 Å². The molecule has 8 heavy (non-hydrogen) atoms. The van der Waals surface area contributed by atoms with E-state index in [2.05, 4.69) is 19.6 Å². The second kappa shape index (κ2) is 6.74. The predicted octanol–water partition coefficient (Wildman–Crippen LogP) is 2.96. The maximum absolute atomic E-state index is 3.00. The average molecular weight is 111 g/mol. The maximum atomic E-state index is 3.00. The molecule has 0 heteroatoms. The van der Waals surface area contributed by atoms with Crippen LogP contribution in [0.5, 0.6) is 0 Å². The standard InChI is InChI=1S/C6H11.C2H4/c1-2-4-6-5-3-1;1-2/h1H,2-6H2;1-2H2. The van der Waals surface area contributed by atoms with E-state index in [1.54, 1.807) is 0 Å². The van der Waals surface area contributed by atoms with Crippen molar-refractivity contribution in [1.29, 1.82) is 0 Å². The molecular formula is C8H15. The molecule has 0 aliphatic heterocycles. The Morgan fingerprint density at radius 2 is 1.38 bits per heavy atom. The van der Waals surface area contributed by atoms with Crippen LogP contribution in [0.25, 0.3) is 0 Å². The van der Waals surface area contributed by atoms with E-state index in [0.29, 0.717) is 0 Å². The summed E-state index contributed by atoms with van der Waals surface area (Å²) in [7, 11) is 0. The van der Waals surface area contributed by atoms with E-state index < -0.39 is 0 Å². The molecule has 0 aromatic carbocycles. The van der Waals surface area contributed by atoms with Crippen LogP contribution in [0.15, 0.2) is 13.2 Å². The third-order valence-corrected chi connectivity index (χ3v) is 1.32. The third kappa shape index (κ3) is 3.91. The molecule has 0 unspecified atom stereocenters. The van der Waals surface area contributed by atoms with Crippen molar-refractivity contribution in [3.63, 3.8) is 0 Å². The molecule has 0 aromatic heterocycles. The third-order valence-electron chi connectivity index (χ3n) is 1.32. The molecule has 0 spiro atoms. The van der Waals surface area contributed by atoms with Crippen LogP contribution < -0.4 is 0 Å². The van der Waals surface area contributed by atoms with Crippen LogP contribution in [-0.2, 0) is 0 Å². The molecule has 0 bridgehead atoms. The van der Waals surface area contributed by atoms with Gasteiger partial charge in [0, 0.05) is 0 Å². The van der Waals surface area contributed by atoms with Crippen molar-refractivity contribution in [1.82, 2.24) is 0 Å². The van der Waals surface area contributed by atoms with Gasteiger partial charge in [-0.1, -0.05) is 32.1 Å². The van der Waals surface area contributed by atoms with Gasteiger partial charge in [-0.2, -0.15) is 0 Å². The zero-order valence-electron chi connectivity index (χ0n) is 5.53. The van der Waals surface area contributed by atoms with E-state index in [9.17, 15) is 0 Å². The van der Waals surface area contributed by atoms with Crippen molar-refractivity contribution in [2.75, 3.05) is 0 Å². The van der Waals surface area contributed by atoms with E-state index in [0.717, 1.165) is 0 Å². The highest BCUT2D eigenvalue weighted by atomic mass is 14.0. The van der Waals surface area contributed by atoms with Gasteiger partial charge in [0.25, 0.3) is 0 Å². The molecule has 0 heterocycles. The van der Waals surface area contributed by atoms with Gasteiger partial charge in [0.15, 0.2) is 0 Å². The van der Waals surface area contributed by atoms with Gasteiger partial charge in [0.2, 0.25) is 0 Å². The first-order valence-electron chi connectivity index (χ1n) is 3.32. The summed E-state index contributed by atoms with van der Waals surface area (Å²) < 4.78 is 0. The molecule has 1 aliphatic carbocycles. The molecule has 0 nitrogen and oxygen atoms in total. The second-order valence-electron chi connectivity index (χ2n) is 1.93. The molecule has 47 valence electrons. The zero-order valence-corrected chi connectivity index (χ0v) is 5.53. The summed E-state index contributed by atoms with van der Waals surface area (Å²) >= 11 is 0. The Morgan fingerprint density at radius 1 is 0.875 bits per heavy atom. The Labute approximate surface area is 52.6 Å².